The lowest BCUT2D eigenvalue weighted by atomic mass is 9.98. The van der Waals surface area contributed by atoms with Crippen LogP contribution in [-0.2, 0) is 12.0 Å². The van der Waals surface area contributed by atoms with E-state index in [9.17, 15) is 5.11 Å². The van der Waals surface area contributed by atoms with Crippen molar-refractivity contribution in [2.45, 2.75) is 32.8 Å². The summed E-state index contributed by atoms with van der Waals surface area (Å²) in [5.74, 6) is 0. The molecule has 0 aliphatic heterocycles. The summed E-state index contributed by atoms with van der Waals surface area (Å²) >= 11 is 7.56. The predicted molar refractivity (Wildman–Crippen MR) is 77.2 cm³/mol. The summed E-state index contributed by atoms with van der Waals surface area (Å²) in [6, 6.07) is 7.57. The molecule has 1 aromatic carbocycles. The molecule has 2 rings (SSSR count). The summed E-state index contributed by atoms with van der Waals surface area (Å²) in [6.07, 6.45) is 0. The van der Waals surface area contributed by atoms with Crippen LogP contribution in [0.25, 0.3) is 11.3 Å². The first-order chi connectivity index (χ1) is 8.41. The molecule has 0 atom stereocenters. The van der Waals surface area contributed by atoms with Crippen LogP contribution in [0.2, 0.25) is 5.02 Å². The Balaban J connectivity index is 2.54. The Kier molecular flexibility index (Phi) is 3.76. The number of halogens is 1. The Morgan fingerprint density at radius 2 is 2.06 bits per heavy atom. The Morgan fingerprint density at radius 1 is 1.33 bits per heavy atom. The van der Waals surface area contributed by atoms with Crippen molar-refractivity contribution in [3.8, 4) is 11.3 Å². The molecule has 0 unspecified atom stereocenters. The first-order valence-corrected chi connectivity index (χ1v) is 6.98. The highest BCUT2D eigenvalue weighted by molar-refractivity contribution is 7.12. The number of rotatable bonds is 2. The summed E-state index contributed by atoms with van der Waals surface area (Å²) in [4.78, 5) is 5.55. The maximum absolute atomic E-state index is 9.47. The van der Waals surface area contributed by atoms with Crippen LogP contribution in [0.5, 0.6) is 0 Å². The first kappa shape index (κ1) is 13.5. The van der Waals surface area contributed by atoms with Crippen molar-refractivity contribution in [1.82, 2.24) is 4.98 Å². The molecule has 0 bridgehead atoms. The molecule has 4 heteroatoms. The van der Waals surface area contributed by atoms with E-state index in [1.54, 1.807) is 11.3 Å². The fourth-order valence-electron chi connectivity index (χ4n) is 1.64. The van der Waals surface area contributed by atoms with Crippen molar-refractivity contribution >= 4 is 22.9 Å². The summed E-state index contributed by atoms with van der Waals surface area (Å²) in [5.41, 5.74) is 1.79. The van der Waals surface area contributed by atoms with E-state index in [1.807, 2.05) is 24.3 Å². The molecule has 0 spiro atoms. The molecular formula is C14H16ClNOS. The fourth-order valence-corrected chi connectivity index (χ4v) is 2.83. The largest absolute Gasteiger partial charge is 0.391 e. The van der Waals surface area contributed by atoms with Gasteiger partial charge in [0.1, 0.15) is 0 Å². The molecule has 0 saturated heterocycles. The summed E-state index contributed by atoms with van der Waals surface area (Å²) in [5, 5.41) is 11.2. The second-order valence-electron chi connectivity index (χ2n) is 5.21. The highest BCUT2D eigenvalue weighted by Gasteiger charge is 2.21. The molecule has 96 valence electrons. The normalized spacial score (nSPS) is 11.8. The van der Waals surface area contributed by atoms with Gasteiger partial charge in [-0.25, -0.2) is 4.98 Å². The molecule has 0 aliphatic rings. The smallest absolute Gasteiger partial charge is 0.0989 e. The molecule has 1 heterocycles. The SMILES string of the molecule is CC(C)(C)c1nc(-c2cccc(Cl)c2)c(CO)s1. The molecular weight excluding hydrogens is 266 g/mol. The topological polar surface area (TPSA) is 33.1 Å². The third kappa shape index (κ3) is 2.74. The van der Waals surface area contributed by atoms with Crippen molar-refractivity contribution < 1.29 is 5.11 Å². The van der Waals surface area contributed by atoms with Gasteiger partial charge in [-0.15, -0.1) is 11.3 Å². The average molecular weight is 282 g/mol. The van der Waals surface area contributed by atoms with Crippen LogP contribution in [0, 0.1) is 0 Å². The van der Waals surface area contributed by atoms with Gasteiger partial charge in [0.15, 0.2) is 0 Å². The van der Waals surface area contributed by atoms with Crippen LogP contribution >= 0.6 is 22.9 Å². The van der Waals surface area contributed by atoms with E-state index in [0.29, 0.717) is 5.02 Å². The van der Waals surface area contributed by atoms with Gasteiger partial charge >= 0.3 is 0 Å². The second kappa shape index (κ2) is 5.00. The quantitative estimate of drug-likeness (QED) is 0.892. The second-order valence-corrected chi connectivity index (χ2v) is 6.73. The third-order valence-corrected chi connectivity index (χ3v) is 4.28. The Bertz CT molecular complexity index is 557. The minimum absolute atomic E-state index is 0.00852. The summed E-state index contributed by atoms with van der Waals surface area (Å²) in [7, 11) is 0. The van der Waals surface area contributed by atoms with Crippen molar-refractivity contribution in [1.29, 1.82) is 0 Å². The molecule has 2 nitrogen and oxygen atoms in total. The molecule has 1 aromatic heterocycles. The molecule has 0 amide bonds. The lowest BCUT2D eigenvalue weighted by molar-refractivity contribution is 0.286. The molecule has 2 aromatic rings. The fraction of sp³-hybridized carbons (Fsp3) is 0.357. The van der Waals surface area contributed by atoms with Gasteiger partial charge in [-0.1, -0.05) is 44.5 Å². The van der Waals surface area contributed by atoms with E-state index in [2.05, 4.69) is 25.8 Å². The van der Waals surface area contributed by atoms with Gasteiger partial charge in [0.05, 0.1) is 22.2 Å². The van der Waals surface area contributed by atoms with Crippen molar-refractivity contribution in [3.63, 3.8) is 0 Å². The zero-order chi connectivity index (χ0) is 13.3. The van der Waals surface area contributed by atoms with Crippen LogP contribution in [0.1, 0.15) is 30.7 Å². The number of thiazole rings is 1. The highest BCUT2D eigenvalue weighted by Crippen LogP contribution is 2.35. The minimum Gasteiger partial charge on any atom is -0.391 e. The molecule has 0 saturated carbocycles. The lowest BCUT2D eigenvalue weighted by Gasteiger charge is -2.13. The number of hydrogen-bond acceptors (Lipinski definition) is 3. The van der Waals surface area contributed by atoms with Gasteiger partial charge in [-0.05, 0) is 12.1 Å². The van der Waals surface area contributed by atoms with Crippen LogP contribution in [0.3, 0.4) is 0 Å². The van der Waals surface area contributed by atoms with E-state index in [1.165, 1.54) is 0 Å². The summed E-state index contributed by atoms with van der Waals surface area (Å²) in [6.45, 7) is 6.37. The zero-order valence-electron chi connectivity index (χ0n) is 10.7. The minimum atomic E-state index is -0.00852. The zero-order valence-corrected chi connectivity index (χ0v) is 12.3. The highest BCUT2D eigenvalue weighted by atomic mass is 35.5. The summed E-state index contributed by atoms with van der Waals surface area (Å²) < 4.78 is 0. The van der Waals surface area contributed by atoms with E-state index >= 15 is 0 Å². The van der Waals surface area contributed by atoms with Gasteiger partial charge in [0.25, 0.3) is 0 Å². The van der Waals surface area contributed by atoms with Gasteiger partial charge in [-0.2, -0.15) is 0 Å². The maximum Gasteiger partial charge on any atom is 0.0989 e. The Labute approximate surface area is 116 Å². The van der Waals surface area contributed by atoms with Crippen molar-refractivity contribution in [2.75, 3.05) is 0 Å². The monoisotopic (exact) mass is 281 g/mol. The van der Waals surface area contributed by atoms with Gasteiger partial charge in [0.2, 0.25) is 0 Å². The van der Waals surface area contributed by atoms with Crippen LogP contribution in [0.4, 0.5) is 0 Å². The predicted octanol–water partition coefficient (Wildman–Crippen LogP) is 4.25. The molecule has 1 N–H and O–H groups in total. The van der Waals surface area contributed by atoms with Gasteiger partial charge < -0.3 is 5.11 Å². The Morgan fingerprint density at radius 3 is 2.61 bits per heavy atom. The molecule has 0 aliphatic carbocycles. The van der Waals surface area contributed by atoms with Crippen molar-refractivity contribution in [3.05, 3.63) is 39.2 Å². The Hall–Kier alpha value is -0.900. The van der Waals surface area contributed by atoms with E-state index in [0.717, 1.165) is 21.1 Å². The molecule has 0 fully saturated rings. The van der Waals surface area contributed by atoms with E-state index in [4.69, 9.17) is 11.6 Å². The number of nitrogens with zero attached hydrogens (tertiary/aromatic N) is 1. The van der Waals surface area contributed by atoms with E-state index < -0.39 is 0 Å². The number of benzene rings is 1. The number of aliphatic hydroxyl groups excluding tert-OH is 1. The maximum atomic E-state index is 9.47. The molecule has 18 heavy (non-hydrogen) atoms. The van der Waals surface area contributed by atoms with Crippen LogP contribution in [-0.4, -0.2) is 10.1 Å². The molecule has 0 radical (unpaired) electrons. The number of aromatic nitrogens is 1. The van der Waals surface area contributed by atoms with E-state index in [-0.39, 0.29) is 12.0 Å². The van der Waals surface area contributed by atoms with Gasteiger partial charge in [0, 0.05) is 16.0 Å². The van der Waals surface area contributed by atoms with Crippen LogP contribution in [0.15, 0.2) is 24.3 Å². The lowest BCUT2D eigenvalue weighted by Crippen LogP contribution is -2.10. The standard InChI is InChI=1S/C14H16ClNOS/c1-14(2,3)13-16-12(11(8-17)18-13)9-5-4-6-10(15)7-9/h4-7,17H,8H2,1-3H3. The van der Waals surface area contributed by atoms with Crippen LogP contribution < -0.4 is 0 Å². The number of aliphatic hydroxyl groups is 1. The van der Waals surface area contributed by atoms with Gasteiger partial charge in [-0.3, -0.25) is 0 Å². The van der Waals surface area contributed by atoms with Crippen molar-refractivity contribution in [2.24, 2.45) is 0 Å². The third-order valence-electron chi connectivity index (χ3n) is 2.58. The average Bonchev–Trinajstić information content (AvgIpc) is 2.72. The number of hydrogen-bond donors (Lipinski definition) is 1. The first-order valence-electron chi connectivity index (χ1n) is 5.79.